The van der Waals surface area contributed by atoms with Crippen LogP contribution in [0.25, 0.3) is 0 Å². The van der Waals surface area contributed by atoms with E-state index in [-0.39, 0.29) is 17.2 Å². The van der Waals surface area contributed by atoms with E-state index in [9.17, 15) is 0 Å². The van der Waals surface area contributed by atoms with Gasteiger partial charge >= 0.3 is 0 Å². The molecule has 94 valence electrons. The monoisotopic (exact) mass is 228 g/mol. The van der Waals surface area contributed by atoms with Crippen LogP contribution in [0.5, 0.6) is 0 Å². The van der Waals surface area contributed by atoms with Crippen molar-refractivity contribution in [1.29, 1.82) is 0 Å². The highest BCUT2D eigenvalue weighted by atomic mass is 16.7. The quantitative estimate of drug-likeness (QED) is 0.703. The first kappa shape index (κ1) is 12.3. The normalized spacial score (nSPS) is 35.4. The van der Waals surface area contributed by atoms with Crippen molar-refractivity contribution >= 4 is 0 Å². The summed E-state index contributed by atoms with van der Waals surface area (Å²) in [5, 5.41) is 3.62. The lowest BCUT2D eigenvalue weighted by Gasteiger charge is -2.50. The van der Waals surface area contributed by atoms with Crippen LogP contribution in [-0.4, -0.2) is 36.1 Å². The van der Waals surface area contributed by atoms with Crippen molar-refractivity contribution in [3.8, 4) is 0 Å². The Kier molecular flexibility index (Phi) is 2.82. The zero-order valence-corrected chi connectivity index (χ0v) is 10.8. The van der Waals surface area contributed by atoms with Crippen LogP contribution in [0.2, 0.25) is 0 Å². The van der Waals surface area contributed by atoms with Crippen molar-refractivity contribution in [3.63, 3.8) is 0 Å². The second kappa shape index (κ2) is 3.67. The van der Waals surface area contributed by atoms with Gasteiger partial charge in [0.25, 0.3) is 0 Å². The molecule has 1 atom stereocenters. The molecule has 0 aromatic rings. The van der Waals surface area contributed by atoms with Crippen LogP contribution in [0.3, 0.4) is 0 Å². The SMILES string of the molecule is CC1(C)CC2(CC(C)(C)N1)OCC(CN)O2. The molecule has 0 aromatic heterocycles. The van der Waals surface area contributed by atoms with Crippen molar-refractivity contribution in [2.45, 2.75) is 63.5 Å². The number of hydrogen-bond donors (Lipinski definition) is 2. The maximum absolute atomic E-state index is 6.02. The molecule has 2 saturated heterocycles. The maximum Gasteiger partial charge on any atom is 0.172 e. The predicted molar refractivity (Wildman–Crippen MR) is 63.1 cm³/mol. The second-order valence-corrected chi connectivity index (χ2v) is 6.44. The molecule has 0 bridgehead atoms. The average molecular weight is 228 g/mol. The molecule has 2 aliphatic rings. The molecule has 0 aromatic carbocycles. The van der Waals surface area contributed by atoms with Gasteiger partial charge in [-0.1, -0.05) is 0 Å². The highest BCUT2D eigenvalue weighted by molar-refractivity contribution is 5.03. The minimum Gasteiger partial charge on any atom is -0.347 e. The largest absolute Gasteiger partial charge is 0.347 e. The minimum atomic E-state index is -0.428. The first-order chi connectivity index (χ1) is 7.26. The fourth-order valence-electron chi connectivity index (χ4n) is 3.33. The van der Waals surface area contributed by atoms with Gasteiger partial charge < -0.3 is 20.5 Å². The van der Waals surface area contributed by atoms with E-state index in [0.29, 0.717) is 13.2 Å². The van der Waals surface area contributed by atoms with Gasteiger partial charge in [-0.2, -0.15) is 0 Å². The van der Waals surface area contributed by atoms with Crippen molar-refractivity contribution in [2.24, 2.45) is 5.73 Å². The zero-order chi connectivity index (χ0) is 12.0. The Hall–Kier alpha value is -0.160. The van der Waals surface area contributed by atoms with E-state index in [0.717, 1.165) is 12.8 Å². The second-order valence-electron chi connectivity index (χ2n) is 6.44. The summed E-state index contributed by atoms with van der Waals surface area (Å²) in [5.74, 6) is -0.428. The molecule has 1 spiro atoms. The van der Waals surface area contributed by atoms with E-state index >= 15 is 0 Å². The fraction of sp³-hybridized carbons (Fsp3) is 1.00. The van der Waals surface area contributed by atoms with Gasteiger partial charge in [0.05, 0.1) is 12.7 Å². The molecule has 0 saturated carbocycles. The van der Waals surface area contributed by atoms with Crippen molar-refractivity contribution in [2.75, 3.05) is 13.2 Å². The molecule has 2 heterocycles. The molecule has 4 heteroatoms. The smallest absolute Gasteiger partial charge is 0.172 e. The van der Waals surface area contributed by atoms with Gasteiger partial charge in [-0.25, -0.2) is 0 Å². The topological polar surface area (TPSA) is 56.5 Å². The standard InChI is InChI=1S/C12H24N2O2/c1-10(2)7-12(8-11(3,4)14-10)15-6-9(5-13)16-12/h9,14H,5-8,13H2,1-4H3. The molecular weight excluding hydrogens is 204 g/mol. The number of piperidine rings is 1. The molecule has 2 fully saturated rings. The van der Waals surface area contributed by atoms with E-state index < -0.39 is 5.79 Å². The Morgan fingerprint density at radius 1 is 1.19 bits per heavy atom. The Balaban J connectivity index is 2.16. The molecule has 2 rings (SSSR count). The van der Waals surface area contributed by atoms with Gasteiger partial charge in [0.1, 0.15) is 0 Å². The zero-order valence-electron chi connectivity index (χ0n) is 10.8. The van der Waals surface area contributed by atoms with Crippen molar-refractivity contribution in [1.82, 2.24) is 5.32 Å². The summed E-state index contributed by atoms with van der Waals surface area (Å²) in [6, 6.07) is 0. The predicted octanol–water partition coefficient (Wildman–Crippen LogP) is 0.997. The van der Waals surface area contributed by atoms with Gasteiger partial charge in [0, 0.05) is 30.5 Å². The highest BCUT2D eigenvalue weighted by Crippen LogP contribution is 2.42. The number of nitrogens with two attached hydrogens (primary N) is 1. The Labute approximate surface area is 97.9 Å². The lowest BCUT2D eigenvalue weighted by molar-refractivity contribution is -0.213. The van der Waals surface area contributed by atoms with E-state index in [2.05, 4.69) is 33.0 Å². The summed E-state index contributed by atoms with van der Waals surface area (Å²) < 4.78 is 11.9. The number of nitrogens with one attached hydrogen (secondary N) is 1. The average Bonchev–Trinajstić information content (AvgIpc) is 2.41. The Morgan fingerprint density at radius 2 is 1.75 bits per heavy atom. The molecule has 1 unspecified atom stereocenters. The summed E-state index contributed by atoms with van der Waals surface area (Å²) in [6.45, 7) is 9.94. The number of hydrogen-bond acceptors (Lipinski definition) is 4. The van der Waals surface area contributed by atoms with Crippen LogP contribution in [-0.2, 0) is 9.47 Å². The molecular formula is C12H24N2O2. The lowest BCUT2D eigenvalue weighted by atomic mass is 9.79. The van der Waals surface area contributed by atoms with Gasteiger partial charge in [0.2, 0.25) is 0 Å². The summed E-state index contributed by atoms with van der Waals surface area (Å²) in [4.78, 5) is 0. The van der Waals surface area contributed by atoms with Crippen molar-refractivity contribution < 1.29 is 9.47 Å². The van der Waals surface area contributed by atoms with Crippen LogP contribution < -0.4 is 11.1 Å². The van der Waals surface area contributed by atoms with Crippen LogP contribution in [0.1, 0.15) is 40.5 Å². The maximum atomic E-state index is 6.02. The first-order valence-electron chi connectivity index (χ1n) is 6.07. The third kappa shape index (κ3) is 2.40. The van der Waals surface area contributed by atoms with Crippen molar-refractivity contribution in [3.05, 3.63) is 0 Å². The molecule has 2 aliphatic heterocycles. The number of ether oxygens (including phenoxy) is 2. The summed E-state index contributed by atoms with van der Waals surface area (Å²) in [7, 11) is 0. The van der Waals surface area contributed by atoms with E-state index in [1.165, 1.54) is 0 Å². The van der Waals surface area contributed by atoms with Crippen LogP contribution >= 0.6 is 0 Å². The van der Waals surface area contributed by atoms with E-state index in [4.69, 9.17) is 15.2 Å². The van der Waals surface area contributed by atoms with Crippen LogP contribution in [0.15, 0.2) is 0 Å². The van der Waals surface area contributed by atoms with Crippen LogP contribution in [0, 0.1) is 0 Å². The molecule has 16 heavy (non-hydrogen) atoms. The summed E-state index contributed by atoms with van der Waals surface area (Å²) in [5.41, 5.74) is 5.70. The minimum absolute atomic E-state index is 0.0330. The van der Waals surface area contributed by atoms with Gasteiger partial charge in [-0.15, -0.1) is 0 Å². The van der Waals surface area contributed by atoms with Gasteiger partial charge in [-0.3, -0.25) is 0 Å². The first-order valence-corrected chi connectivity index (χ1v) is 6.07. The Morgan fingerprint density at radius 3 is 2.19 bits per heavy atom. The molecule has 0 amide bonds. The molecule has 0 radical (unpaired) electrons. The van der Waals surface area contributed by atoms with Crippen LogP contribution in [0.4, 0.5) is 0 Å². The Bertz CT molecular complexity index is 260. The van der Waals surface area contributed by atoms with Gasteiger partial charge in [0.15, 0.2) is 5.79 Å². The summed E-state index contributed by atoms with van der Waals surface area (Å²) >= 11 is 0. The van der Waals surface area contributed by atoms with Gasteiger partial charge in [-0.05, 0) is 27.7 Å². The molecule has 0 aliphatic carbocycles. The highest BCUT2D eigenvalue weighted by Gasteiger charge is 2.52. The lowest BCUT2D eigenvalue weighted by Crippen LogP contribution is -2.64. The summed E-state index contributed by atoms with van der Waals surface area (Å²) in [6.07, 6.45) is 1.81. The molecule has 3 N–H and O–H groups in total. The third-order valence-corrected chi connectivity index (χ3v) is 3.28. The van der Waals surface area contributed by atoms with E-state index in [1.807, 2.05) is 0 Å². The number of rotatable bonds is 1. The fourth-order valence-corrected chi connectivity index (χ4v) is 3.33. The molecule has 4 nitrogen and oxygen atoms in total. The third-order valence-electron chi connectivity index (χ3n) is 3.28. The van der Waals surface area contributed by atoms with E-state index in [1.54, 1.807) is 0 Å².